The Balaban J connectivity index is 1.74. The van der Waals surface area contributed by atoms with Crippen LogP contribution >= 0.6 is 28.1 Å². The number of nitrogens with zero attached hydrogens (tertiary/aromatic N) is 1. The van der Waals surface area contributed by atoms with E-state index in [4.69, 9.17) is 21.4 Å². The molecular weight excluding hydrogens is 412 g/mol. The number of thiocarbonyl (C=S) groups is 1. The molecule has 4 nitrogen and oxygen atoms in total. The number of hydrogen-bond donors (Lipinski definition) is 1. The molecule has 0 bridgehead atoms. The molecule has 0 radical (unpaired) electrons. The summed E-state index contributed by atoms with van der Waals surface area (Å²) in [6.07, 6.45) is 1.67. The van der Waals surface area contributed by atoms with Crippen LogP contribution in [0.25, 0.3) is 0 Å². The fourth-order valence-corrected chi connectivity index (χ4v) is 2.99. The zero-order chi connectivity index (χ0) is 18.4. The van der Waals surface area contributed by atoms with E-state index < -0.39 is 0 Å². The summed E-state index contributed by atoms with van der Waals surface area (Å²) < 4.78 is 11.7. The standard InChI is InChI=1S/C20H19BrN2O2S/c1-24-18-10-8-17(9-11-18)22-20(26)23(14-19-3-2-12-25-19)13-15-4-6-16(21)7-5-15/h2-12H,13-14H2,1H3,(H,22,26). The Morgan fingerprint density at radius 2 is 1.81 bits per heavy atom. The predicted octanol–water partition coefficient (Wildman–Crippen LogP) is 5.45. The van der Waals surface area contributed by atoms with Crippen LogP contribution in [0, 0.1) is 0 Å². The third-order valence-corrected chi connectivity index (χ3v) is 4.73. The van der Waals surface area contributed by atoms with E-state index in [9.17, 15) is 0 Å². The van der Waals surface area contributed by atoms with Gasteiger partial charge in [-0.15, -0.1) is 0 Å². The first-order chi connectivity index (χ1) is 12.6. The van der Waals surface area contributed by atoms with Crippen molar-refractivity contribution in [3.63, 3.8) is 0 Å². The van der Waals surface area contributed by atoms with Gasteiger partial charge in [-0.05, 0) is 66.3 Å². The molecule has 26 heavy (non-hydrogen) atoms. The van der Waals surface area contributed by atoms with Crippen molar-refractivity contribution >= 4 is 38.9 Å². The minimum absolute atomic E-state index is 0.588. The molecule has 0 saturated carbocycles. The molecule has 0 atom stereocenters. The second-order valence-electron chi connectivity index (χ2n) is 5.72. The highest BCUT2D eigenvalue weighted by Gasteiger charge is 2.13. The molecule has 6 heteroatoms. The number of halogens is 1. The first-order valence-corrected chi connectivity index (χ1v) is 9.31. The van der Waals surface area contributed by atoms with Gasteiger partial charge in [0.2, 0.25) is 0 Å². The van der Waals surface area contributed by atoms with E-state index in [1.54, 1.807) is 13.4 Å². The van der Waals surface area contributed by atoms with Crippen molar-refractivity contribution in [1.29, 1.82) is 0 Å². The maximum absolute atomic E-state index is 5.65. The van der Waals surface area contributed by atoms with Crippen LogP contribution in [-0.4, -0.2) is 17.1 Å². The fourth-order valence-electron chi connectivity index (χ4n) is 2.48. The summed E-state index contributed by atoms with van der Waals surface area (Å²) in [4.78, 5) is 2.07. The van der Waals surface area contributed by atoms with Crippen LogP contribution in [-0.2, 0) is 13.1 Å². The topological polar surface area (TPSA) is 37.6 Å². The van der Waals surface area contributed by atoms with Crippen molar-refractivity contribution in [3.8, 4) is 5.75 Å². The van der Waals surface area contributed by atoms with E-state index in [2.05, 4.69) is 38.3 Å². The van der Waals surface area contributed by atoms with Crippen LogP contribution in [0.15, 0.2) is 75.8 Å². The van der Waals surface area contributed by atoms with Crippen LogP contribution in [0.3, 0.4) is 0 Å². The number of ether oxygens (including phenoxy) is 1. The first kappa shape index (κ1) is 18.5. The normalized spacial score (nSPS) is 10.4. The Morgan fingerprint density at radius 3 is 2.42 bits per heavy atom. The smallest absolute Gasteiger partial charge is 0.174 e. The van der Waals surface area contributed by atoms with Gasteiger partial charge >= 0.3 is 0 Å². The molecule has 0 spiro atoms. The number of nitrogens with one attached hydrogen (secondary N) is 1. The Kier molecular flexibility index (Phi) is 6.30. The molecule has 1 N–H and O–H groups in total. The molecule has 0 aliphatic rings. The molecule has 0 unspecified atom stereocenters. The summed E-state index contributed by atoms with van der Waals surface area (Å²) in [5, 5.41) is 3.92. The molecule has 0 aliphatic carbocycles. The van der Waals surface area contributed by atoms with Gasteiger partial charge < -0.3 is 19.4 Å². The second kappa shape index (κ2) is 8.87. The lowest BCUT2D eigenvalue weighted by molar-refractivity contribution is 0.360. The average molecular weight is 431 g/mol. The van der Waals surface area contributed by atoms with Crippen molar-refractivity contribution in [1.82, 2.24) is 4.90 Å². The molecule has 0 fully saturated rings. The Morgan fingerprint density at radius 1 is 1.08 bits per heavy atom. The van der Waals surface area contributed by atoms with Gasteiger partial charge in [0.1, 0.15) is 11.5 Å². The Labute approximate surface area is 166 Å². The lowest BCUT2D eigenvalue weighted by atomic mass is 10.2. The Bertz CT molecular complexity index is 833. The minimum Gasteiger partial charge on any atom is -0.497 e. The third-order valence-electron chi connectivity index (χ3n) is 3.84. The molecule has 2 aromatic carbocycles. The zero-order valence-corrected chi connectivity index (χ0v) is 16.7. The van der Waals surface area contributed by atoms with E-state index >= 15 is 0 Å². The SMILES string of the molecule is COc1ccc(NC(=S)N(Cc2ccc(Br)cc2)Cc2ccco2)cc1. The molecule has 0 aliphatic heterocycles. The van der Waals surface area contributed by atoms with E-state index in [0.717, 1.165) is 21.7 Å². The van der Waals surface area contributed by atoms with Crippen LogP contribution < -0.4 is 10.1 Å². The zero-order valence-electron chi connectivity index (χ0n) is 14.3. The molecule has 134 valence electrons. The molecule has 1 aromatic heterocycles. The fraction of sp³-hybridized carbons (Fsp3) is 0.150. The largest absolute Gasteiger partial charge is 0.497 e. The summed E-state index contributed by atoms with van der Waals surface area (Å²) >= 11 is 9.12. The predicted molar refractivity (Wildman–Crippen MR) is 111 cm³/mol. The van der Waals surface area contributed by atoms with Crippen molar-refractivity contribution in [2.75, 3.05) is 12.4 Å². The van der Waals surface area contributed by atoms with E-state index in [0.29, 0.717) is 18.2 Å². The van der Waals surface area contributed by atoms with Crippen molar-refractivity contribution < 1.29 is 9.15 Å². The van der Waals surface area contributed by atoms with Gasteiger partial charge in [-0.3, -0.25) is 0 Å². The van der Waals surface area contributed by atoms with Gasteiger partial charge in [-0.2, -0.15) is 0 Å². The lowest BCUT2D eigenvalue weighted by Gasteiger charge is -2.25. The van der Waals surface area contributed by atoms with Gasteiger partial charge in [-0.1, -0.05) is 28.1 Å². The molecular formula is C20H19BrN2O2S. The summed E-state index contributed by atoms with van der Waals surface area (Å²) in [5.41, 5.74) is 2.08. The number of hydrogen-bond acceptors (Lipinski definition) is 3. The highest BCUT2D eigenvalue weighted by Crippen LogP contribution is 2.18. The van der Waals surface area contributed by atoms with Gasteiger partial charge in [0.05, 0.1) is 19.9 Å². The summed E-state index contributed by atoms with van der Waals surface area (Å²) in [6.45, 7) is 1.26. The van der Waals surface area contributed by atoms with Crippen LogP contribution in [0.2, 0.25) is 0 Å². The van der Waals surface area contributed by atoms with Crippen molar-refractivity contribution in [2.24, 2.45) is 0 Å². The third kappa shape index (κ3) is 5.09. The Hall–Kier alpha value is -2.31. The summed E-state index contributed by atoms with van der Waals surface area (Å²) in [7, 11) is 1.65. The van der Waals surface area contributed by atoms with Gasteiger partial charge in [0, 0.05) is 16.7 Å². The highest BCUT2D eigenvalue weighted by atomic mass is 79.9. The summed E-state index contributed by atoms with van der Waals surface area (Å²) in [5.74, 6) is 1.67. The van der Waals surface area contributed by atoms with Gasteiger partial charge in [0.15, 0.2) is 5.11 Å². The van der Waals surface area contributed by atoms with E-state index in [1.165, 1.54) is 5.56 Å². The first-order valence-electron chi connectivity index (χ1n) is 8.11. The van der Waals surface area contributed by atoms with Crippen molar-refractivity contribution in [2.45, 2.75) is 13.1 Å². The number of furan rings is 1. The van der Waals surface area contributed by atoms with Crippen LogP contribution in [0.4, 0.5) is 5.69 Å². The average Bonchev–Trinajstić information content (AvgIpc) is 3.17. The maximum Gasteiger partial charge on any atom is 0.174 e. The molecule has 3 rings (SSSR count). The van der Waals surface area contributed by atoms with Gasteiger partial charge in [-0.25, -0.2) is 0 Å². The van der Waals surface area contributed by atoms with E-state index in [1.807, 2.05) is 48.5 Å². The molecule has 0 saturated heterocycles. The number of anilines is 1. The summed E-state index contributed by atoms with van der Waals surface area (Å²) in [6, 6.07) is 19.7. The molecule has 0 amide bonds. The van der Waals surface area contributed by atoms with Crippen LogP contribution in [0.5, 0.6) is 5.75 Å². The monoisotopic (exact) mass is 430 g/mol. The number of rotatable bonds is 6. The quantitative estimate of drug-likeness (QED) is 0.526. The maximum atomic E-state index is 5.65. The second-order valence-corrected chi connectivity index (χ2v) is 7.02. The molecule has 1 heterocycles. The van der Waals surface area contributed by atoms with Crippen molar-refractivity contribution in [3.05, 3.63) is 82.7 Å². The lowest BCUT2D eigenvalue weighted by Crippen LogP contribution is -2.33. The minimum atomic E-state index is 0.588. The molecule has 3 aromatic rings. The highest BCUT2D eigenvalue weighted by molar-refractivity contribution is 9.10. The van der Waals surface area contributed by atoms with Crippen LogP contribution in [0.1, 0.15) is 11.3 Å². The van der Waals surface area contributed by atoms with Gasteiger partial charge in [0.25, 0.3) is 0 Å². The van der Waals surface area contributed by atoms with E-state index in [-0.39, 0.29) is 0 Å². The number of benzene rings is 2. The number of methoxy groups -OCH3 is 1.